The van der Waals surface area contributed by atoms with Gasteiger partial charge in [0.2, 0.25) is 0 Å². The molecule has 0 radical (unpaired) electrons. The smallest absolute Gasteiger partial charge is 0.137 e. The third-order valence-corrected chi connectivity index (χ3v) is 9.15. The Morgan fingerprint density at radius 3 is 1.38 bits per heavy atom. The molecular formula is C40H25BrN4. The first kappa shape index (κ1) is 25.9. The van der Waals surface area contributed by atoms with Crippen LogP contribution >= 0.6 is 15.9 Å². The molecule has 0 atom stereocenters. The monoisotopic (exact) mass is 640 g/mol. The Hall–Kier alpha value is -5.52. The summed E-state index contributed by atoms with van der Waals surface area (Å²) in [5.74, 6) is 0. The van der Waals surface area contributed by atoms with E-state index in [-0.39, 0.29) is 0 Å². The van der Waals surface area contributed by atoms with Gasteiger partial charge in [-0.15, -0.1) is 0 Å². The van der Waals surface area contributed by atoms with E-state index in [0.29, 0.717) is 0 Å². The summed E-state index contributed by atoms with van der Waals surface area (Å²) < 4.78 is 5.18. The summed E-state index contributed by atoms with van der Waals surface area (Å²) in [6.45, 7) is 0. The van der Waals surface area contributed by atoms with Crippen LogP contribution in [0.1, 0.15) is 0 Å². The molecule has 0 fully saturated rings. The zero-order chi connectivity index (χ0) is 29.9. The van der Waals surface area contributed by atoms with Crippen molar-refractivity contribution in [3.63, 3.8) is 0 Å². The topological polar surface area (TPSA) is 34.6 Å². The van der Waals surface area contributed by atoms with Gasteiger partial charge in [-0.3, -0.25) is 0 Å². The Morgan fingerprint density at radius 1 is 0.422 bits per heavy atom. The number of imidazole rings is 2. The van der Waals surface area contributed by atoms with Crippen LogP contribution in [0.15, 0.2) is 157 Å². The third kappa shape index (κ3) is 4.35. The molecule has 0 aliphatic heterocycles. The van der Waals surface area contributed by atoms with E-state index in [1.54, 1.807) is 0 Å². The van der Waals surface area contributed by atoms with Crippen LogP contribution < -0.4 is 0 Å². The lowest BCUT2D eigenvalue weighted by Gasteiger charge is -2.18. The Morgan fingerprint density at radius 2 is 0.867 bits per heavy atom. The van der Waals surface area contributed by atoms with Gasteiger partial charge in [0.05, 0.1) is 11.4 Å². The molecule has 212 valence electrons. The van der Waals surface area contributed by atoms with Crippen molar-refractivity contribution in [2.45, 2.75) is 0 Å². The zero-order valence-electron chi connectivity index (χ0n) is 24.1. The second kappa shape index (κ2) is 10.3. The van der Waals surface area contributed by atoms with Crippen molar-refractivity contribution in [3.8, 4) is 44.8 Å². The summed E-state index contributed by atoms with van der Waals surface area (Å²) in [5, 5.41) is 4.88. The van der Waals surface area contributed by atoms with Crippen molar-refractivity contribution in [2.75, 3.05) is 0 Å². The highest BCUT2D eigenvalue weighted by Crippen LogP contribution is 2.45. The van der Waals surface area contributed by atoms with Crippen LogP contribution in [0.5, 0.6) is 0 Å². The minimum Gasteiger partial charge on any atom is -0.306 e. The minimum absolute atomic E-state index is 0.945. The fourth-order valence-corrected chi connectivity index (χ4v) is 6.90. The molecule has 0 aliphatic carbocycles. The van der Waals surface area contributed by atoms with Gasteiger partial charge < -0.3 is 8.80 Å². The van der Waals surface area contributed by atoms with Crippen LogP contribution in [-0.2, 0) is 0 Å². The maximum atomic E-state index is 4.83. The molecule has 5 aromatic carbocycles. The van der Waals surface area contributed by atoms with E-state index in [9.17, 15) is 0 Å². The van der Waals surface area contributed by atoms with Gasteiger partial charge in [-0.25, -0.2) is 9.97 Å². The Balaban J connectivity index is 1.20. The second-order valence-electron chi connectivity index (χ2n) is 11.3. The standard InChI is InChI=1S/C40H25BrN4/c41-30-19-20-33-34(23-30)40(29-17-13-27(14-18-29)36-25-45-22-6-4-10-38(45)43-36)32-8-2-1-7-31(32)39(33)28-15-11-26(12-16-28)35-24-44-21-5-3-9-37(44)42-35/h1-25H. The average Bonchev–Trinajstić information content (AvgIpc) is 3.72. The molecule has 0 aliphatic rings. The van der Waals surface area contributed by atoms with E-state index in [0.717, 1.165) is 38.3 Å². The Kier molecular flexibility index (Phi) is 5.93. The number of rotatable bonds is 4. The van der Waals surface area contributed by atoms with Crippen molar-refractivity contribution in [1.82, 2.24) is 18.8 Å². The lowest BCUT2D eigenvalue weighted by Crippen LogP contribution is -1.91. The van der Waals surface area contributed by atoms with Crippen LogP contribution in [0.3, 0.4) is 0 Å². The fraction of sp³-hybridized carbons (Fsp3) is 0. The first-order valence-electron chi connectivity index (χ1n) is 14.9. The predicted molar refractivity (Wildman–Crippen MR) is 188 cm³/mol. The average molecular weight is 642 g/mol. The van der Waals surface area contributed by atoms with E-state index >= 15 is 0 Å². The Labute approximate surface area is 268 Å². The van der Waals surface area contributed by atoms with Crippen molar-refractivity contribution in [3.05, 3.63) is 157 Å². The van der Waals surface area contributed by atoms with Gasteiger partial charge in [0.15, 0.2) is 0 Å². The number of fused-ring (bicyclic) bond motifs is 4. The van der Waals surface area contributed by atoms with Crippen LogP contribution in [0.25, 0.3) is 77.6 Å². The van der Waals surface area contributed by atoms with Crippen molar-refractivity contribution < 1.29 is 0 Å². The number of hydrogen-bond donors (Lipinski definition) is 0. The van der Waals surface area contributed by atoms with Crippen LogP contribution in [0, 0.1) is 0 Å². The first-order valence-corrected chi connectivity index (χ1v) is 15.7. The largest absolute Gasteiger partial charge is 0.306 e. The zero-order valence-corrected chi connectivity index (χ0v) is 25.7. The highest BCUT2D eigenvalue weighted by molar-refractivity contribution is 9.10. The number of halogens is 1. The third-order valence-electron chi connectivity index (χ3n) is 8.65. The van der Waals surface area contributed by atoms with Crippen molar-refractivity contribution >= 4 is 48.8 Å². The maximum absolute atomic E-state index is 4.83. The van der Waals surface area contributed by atoms with Crippen LogP contribution in [0.2, 0.25) is 0 Å². The maximum Gasteiger partial charge on any atom is 0.137 e. The number of nitrogens with zero attached hydrogens (tertiary/aromatic N) is 4. The van der Waals surface area contributed by atoms with E-state index < -0.39 is 0 Å². The van der Waals surface area contributed by atoms with Gasteiger partial charge >= 0.3 is 0 Å². The number of aromatic nitrogens is 4. The first-order chi connectivity index (χ1) is 22.2. The number of hydrogen-bond acceptors (Lipinski definition) is 2. The molecule has 4 heterocycles. The molecule has 0 bridgehead atoms. The highest BCUT2D eigenvalue weighted by Gasteiger charge is 2.18. The highest BCUT2D eigenvalue weighted by atomic mass is 79.9. The summed E-state index contributed by atoms with van der Waals surface area (Å²) in [6.07, 6.45) is 8.24. The summed E-state index contributed by atoms with van der Waals surface area (Å²) in [4.78, 5) is 9.66. The second-order valence-corrected chi connectivity index (χ2v) is 12.2. The van der Waals surface area contributed by atoms with Gasteiger partial charge in [0.1, 0.15) is 11.3 Å². The molecule has 4 nitrogen and oxygen atoms in total. The molecule has 45 heavy (non-hydrogen) atoms. The molecule has 0 unspecified atom stereocenters. The predicted octanol–water partition coefficient (Wildman–Crippen LogP) is 10.7. The van der Waals surface area contributed by atoms with Crippen molar-refractivity contribution in [1.29, 1.82) is 0 Å². The lowest BCUT2D eigenvalue weighted by molar-refractivity contribution is 1.19. The van der Waals surface area contributed by atoms with E-state index in [1.165, 1.54) is 43.8 Å². The van der Waals surface area contributed by atoms with E-state index in [2.05, 4.69) is 128 Å². The SMILES string of the molecule is Brc1ccc2c(-c3ccc(-c4cn5ccccc5n4)cc3)c3ccccc3c(-c3ccc(-c4cn5ccccc5n4)cc3)c2c1. The molecule has 4 aromatic heterocycles. The molecule has 9 aromatic rings. The minimum atomic E-state index is 0.945. The van der Waals surface area contributed by atoms with E-state index in [1.807, 2.05) is 48.8 Å². The fourth-order valence-electron chi connectivity index (χ4n) is 6.54. The summed E-state index contributed by atoms with van der Waals surface area (Å²) in [6, 6.07) is 45.2. The van der Waals surface area contributed by atoms with Gasteiger partial charge in [0, 0.05) is 40.4 Å². The van der Waals surface area contributed by atoms with Gasteiger partial charge in [-0.05, 0) is 80.2 Å². The summed E-state index contributed by atoms with van der Waals surface area (Å²) >= 11 is 3.77. The van der Waals surface area contributed by atoms with Gasteiger partial charge in [-0.1, -0.05) is 107 Å². The van der Waals surface area contributed by atoms with Gasteiger partial charge in [0.25, 0.3) is 0 Å². The molecule has 0 N–H and O–H groups in total. The number of benzene rings is 5. The van der Waals surface area contributed by atoms with Crippen LogP contribution in [-0.4, -0.2) is 18.8 Å². The molecule has 0 saturated carbocycles. The van der Waals surface area contributed by atoms with Crippen molar-refractivity contribution in [2.24, 2.45) is 0 Å². The lowest BCUT2D eigenvalue weighted by atomic mass is 9.85. The molecule has 0 saturated heterocycles. The molecule has 9 rings (SSSR count). The normalized spacial score (nSPS) is 11.7. The quantitative estimate of drug-likeness (QED) is 0.179. The van der Waals surface area contributed by atoms with Crippen LogP contribution in [0.4, 0.5) is 0 Å². The summed E-state index contributed by atoms with van der Waals surface area (Å²) in [7, 11) is 0. The molecule has 0 spiro atoms. The Bertz CT molecular complexity index is 2470. The number of pyridine rings is 2. The molecule has 5 heteroatoms. The van der Waals surface area contributed by atoms with E-state index in [4.69, 9.17) is 9.97 Å². The molecular weight excluding hydrogens is 616 g/mol. The van der Waals surface area contributed by atoms with Gasteiger partial charge in [-0.2, -0.15) is 0 Å². The summed E-state index contributed by atoms with van der Waals surface area (Å²) in [5.41, 5.74) is 10.8. The molecule has 0 amide bonds.